The third kappa shape index (κ3) is 3.79. The number of aliphatic carboxylic acids is 1. The number of hydrogen-bond acceptors (Lipinski definition) is 2. The fraction of sp³-hybridized carbons (Fsp3) is 0.100. The Kier molecular flexibility index (Phi) is 4.57. The molecule has 0 unspecified atom stereocenters. The van der Waals surface area contributed by atoms with Crippen LogP contribution in [0, 0.1) is 6.92 Å². The van der Waals surface area contributed by atoms with Gasteiger partial charge in [-0.1, -0.05) is 60.2 Å². The van der Waals surface area contributed by atoms with Gasteiger partial charge >= 0.3 is 5.97 Å². The van der Waals surface area contributed by atoms with Crippen LogP contribution in [0.4, 0.5) is 0 Å². The number of aryl methyl sites for hydroxylation is 1. The second-order valence-electron chi connectivity index (χ2n) is 5.65. The topological polar surface area (TPSA) is 55.1 Å². The molecule has 1 heterocycles. The van der Waals surface area contributed by atoms with E-state index in [1.54, 1.807) is 6.08 Å². The zero-order valence-electron chi connectivity index (χ0n) is 13.4. The molecule has 0 amide bonds. The van der Waals surface area contributed by atoms with Gasteiger partial charge in [-0.3, -0.25) is 4.68 Å². The molecule has 0 bridgehead atoms. The van der Waals surface area contributed by atoms with Gasteiger partial charge in [0.15, 0.2) is 0 Å². The number of benzene rings is 2. The van der Waals surface area contributed by atoms with Gasteiger partial charge in [-0.15, -0.1) is 0 Å². The molecule has 0 radical (unpaired) electrons. The van der Waals surface area contributed by atoms with Crippen molar-refractivity contribution in [2.24, 2.45) is 0 Å². The SMILES string of the molecule is Cc1ccc(Cn2cc(/C=C/C(=O)O)c(-c3ccccc3)n2)cc1. The Labute approximate surface area is 140 Å². The number of rotatable bonds is 5. The normalized spacial score (nSPS) is 11.0. The molecule has 1 aromatic heterocycles. The predicted octanol–water partition coefficient (Wildman–Crippen LogP) is 4.00. The van der Waals surface area contributed by atoms with Crippen LogP contribution in [0.15, 0.2) is 66.9 Å². The Morgan fingerprint density at radius 2 is 1.83 bits per heavy atom. The molecule has 4 nitrogen and oxygen atoms in total. The molecular weight excluding hydrogens is 300 g/mol. The minimum absolute atomic E-state index is 0.640. The van der Waals surface area contributed by atoms with Crippen LogP contribution < -0.4 is 0 Å². The van der Waals surface area contributed by atoms with E-state index < -0.39 is 5.97 Å². The van der Waals surface area contributed by atoms with Crippen LogP contribution in [0.25, 0.3) is 17.3 Å². The van der Waals surface area contributed by atoms with Gasteiger partial charge in [0.05, 0.1) is 12.2 Å². The summed E-state index contributed by atoms with van der Waals surface area (Å²) in [6.45, 7) is 2.70. The Balaban J connectivity index is 1.96. The third-order valence-corrected chi connectivity index (χ3v) is 3.71. The van der Waals surface area contributed by atoms with Gasteiger partial charge in [0.25, 0.3) is 0 Å². The Morgan fingerprint density at radius 3 is 2.50 bits per heavy atom. The summed E-state index contributed by atoms with van der Waals surface area (Å²) in [7, 11) is 0. The summed E-state index contributed by atoms with van der Waals surface area (Å²) in [5, 5.41) is 13.5. The highest BCUT2D eigenvalue weighted by atomic mass is 16.4. The van der Waals surface area contributed by atoms with Crippen molar-refractivity contribution in [3.63, 3.8) is 0 Å². The van der Waals surface area contributed by atoms with Crippen LogP contribution in [-0.4, -0.2) is 20.9 Å². The molecule has 1 N–H and O–H groups in total. The van der Waals surface area contributed by atoms with E-state index in [0.717, 1.165) is 28.5 Å². The summed E-state index contributed by atoms with van der Waals surface area (Å²) in [4.78, 5) is 10.8. The highest BCUT2D eigenvalue weighted by molar-refractivity contribution is 5.87. The first-order valence-electron chi connectivity index (χ1n) is 7.71. The van der Waals surface area contributed by atoms with Crippen molar-refractivity contribution < 1.29 is 9.90 Å². The van der Waals surface area contributed by atoms with E-state index in [9.17, 15) is 4.79 Å². The lowest BCUT2D eigenvalue weighted by molar-refractivity contribution is -0.131. The van der Waals surface area contributed by atoms with Crippen molar-refractivity contribution in [1.82, 2.24) is 9.78 Å². The van der Waals surface area contributed by atoms with Crippen molar-refractivity contribution in [2.45, 2.75) is 13.5 Å². The smallest absolute Gasteiger partial charge is 0.328 e. The largest absolute Gasteiger partial charge is 0.478 e. The van der Waals surface area contributed by atoms with Crippen molar-refractivity contribution >= 4 is 12.0 Å². The molecule has 0 spiro atoms. The summed E-state index contributed by atoms with van der Waals surface area (Å²) in [6.07, 6.45) is 4.60. The fourth-order valence-corrected chi connectivity index (χ4v) is 2.50. The Morgan fingerprint density at radius 1 is 1.12 bits per heavy atom. The van der Waals surface area contributed by atoms with Gasteiger partial charge in [-0.2, -0.15) is 5.10 Å². The first-order valence-corrected chi connectivity index (χ1v) is 7.71. The highest BCUT2D eigenvalue weighted by Crippen LogP contribution is 2.23. The second kappa shape index (κ2) is 6.96. The average Bonchev–Trinajstić information content (AvgIpc) is 2.99. The molecule has 0 saturated heterocycles. The van der Waals surface area contributed by atoms with Crippen LogP contribution in [0.3, 0.4) is 0 Å². The van der Waals surface area contributed by atoms with E-state index in [0.29, 0.717) is 6.54 Å². The van der Waals surface area contributed by atoms with Gasteiger partial charge < -0.3 is 5.11 Å². The second-order valence-corrected chi connectivity index (χ2v) is 5.65. The van der Waals surface area contributed by atoms with E-state index >= 15 is 0 Å². The number of carbonyl (C=O) groups is 1. The standard InChI is InChI=1S/C20H18N2O2/c1-15-7-9-16(10-8-15)13-22-14-18(11-12-19(23)24)20(21-22)17-5-3-2-4-6-17/h2-12,14H,13H2,1H3,(H,23,24)/b12-11+. The number of hydrogen-bond donors (Lipinski definition) is 1. The van der Waals surface area contributed by atoms with Crippen LogP contribution in [0.5, 0.6) is 0 Å². The van der Waals surface area contributed by atoms with Crippen LogP contribution in [-0.2, 0) is 11.3 Å². The first kappa shape index (κ1) is 15.7. The van der Waals surface area contributed by atoms with Crippen LogP contribution >= 0.6 is 0 Å². The number of carboxylic acids is 1. The molecule has 0 aliphatic rings. The quantitative estimate of drug-likeness (QED) is 0.723. The highest BCUT2D eigenvalue weighted by Gasteiger charge is 2.09. The van der Waals surface area contributed by atoms with E-state index in [-0.39, 0.29) is 0 Å². The monoisotopic (exact) mass is 318 g/mol. The Hall–Kier alpha value is -3.14. The van der Waals surface area contributed by atoms with Gasteiger partial charge in [0.2, 0.25) is 0 Å². The molecule has 0 aliphatic carbocycles. The molecule has 120 valence electrons. The maximum absolute atomic E-state index is 10.8. The Bertz CT molecular complexity index is 862. The van der Waals surface area contributed by atoms with Gasteiger partial charge in [0, 0.05) is 23.4 Å². The summed E-state index contributed by atoms with van der Waals surface area (Å²) in [6, 6.07) is 18.1. The lowest BCUT2D eigenvalue weighted by atomic mass is 10.1. The lowest BCUT2D eigenvalue weighted by Gasteiger charge is -2.02. The molecule has 2 aromatic carbocycles. The molecule has 3 rings (SSSR count). The van der Waals surface area contributed by atoms with E-state index in [1.165, 1.54) is 5.56 Å². The zero-order chi connectivity index (χ0) is 16.9. The van der Waals surface area contributed by atoms with E-state index in [2.05, 4.69) is 36.3 Å². The summed E-state index contributed by atoms with van der Waals surface area (Å²) < 4.78 is 1.84. The van der Waals surface area contributed by atoms with Gasteiger partial charge in [-0.25, -0.2) is 4.79 Å². The van der Waals surface area contributed by atoms with E-state index in [4.69, 9.17) is 5.11 Å². The summed E-state index contributed by atoms with van der Waals surface area (Å²) in [5.41, 5.74) is 4.90. The van der Waals surface area contributed by atoms with E-state index in [1.807, 2.05) is 41.2 Å². The van der Waals surface area contributed by atoms with Gasteiger partial charge in [-0.05, 0) is 18.6 Å². The lowest BCUT2D eigenvalue weighted by Crippen LogP contribution is -2.00. The first-order chi connectivity index (χ1) is 11.6. The minimum atomic E-state index is -0.972. The summed E-state index contributed by atoms with van der Waals surface area (Å²) in [5.74, 6) is -0.972. The molecule has 24 heavy (non-hydrogen) atoms. The molecule has 0 saturated carbocycles. The average molecular weight is 318 g/mol. The van der Waals surface area contributed by atoms with Crippen molar-refractivity contribution in [3.05, 3.63) is 83.6 Å². The molecule has 0 atom stereocenters. The minimum Gasteiger partial charge on any atom is -0.478 e. The number of carboxylic acid groups (broad SMARTS) is 1. The van der Waals surface area contributed by atoms with Crippen LogP contribution in [0.1, 0.15) is 16.7 Å². The predicted molar refractivity (Wildman–Crippen MR) is 94.6 cm³/mol. The van der Waals surface area contributed by atoms with Crippen molar-refractivity contribution in [2.75, 3.05) is 0 Å². The molecule has 0 fully saturated rings. The zero-order valence-corrected chi connectivity index (χ0v) is 13.4. The molecular formula is C20H18N2O2. The maximum Gasteiger partial charge on any atom is 0.328 e. The number of nitrogens with zero attached hydrogens (tertiary/aromatic N) is 2. The molecule has 0 aliphatic heterocycles. The number of aromatic nitrogens is 2. The van der Waals surface area contributed by atoms with Crippen LogP contribution in [0.2, 0.25) is 0 Å². The van der Waals surface area contributed by atoms with Gasteiger partial charge in [0.1, 0.15) is 0 Å². The summed E-state index contributed by atoms with van der Waals surface area (Å²) >= 11 is 0. The fourth-order valence-electron chi connectivity index (χ4n) is 2.50. The maximum atomic E-state index is 10.8. The molecule has 3 aromatic rings. The molecule has 4 heteroatoms. The van der Waals surface area contributed by atoms with Crippen molar-refractivity contribution in [1.29, 1.82) is 0 Å². The van der Waals surface area contributed by atoms with Crippen molar-refractivity contribution in [3.8, 4) is 11.3 Å². The third-order valence-electron chi connectivity index (χ3n) is 3.71.